The monoisotopic (exact) mass is 610 g/mol. The molecule has 1 aliphatic heterocycles. The fourth-order valence-corrected chi connectivity index (χ4v) is 4.99. The van der Waals surface area contributed by atoms with Crippen LogP contribution in [0.2, 0.25) is 5.02 Å². The predicted molar refractivity (Wildman–Crippen MR) is 149 cm³/mol. The van der Waals surface area contributed by atoms with Crippen LogP contribution in [0.3, 0.4) is 0 Å². The van der Waals surface area contributed by atoms with Gasteiger partial charge in [-0.2, -0.15) is 26.3 Å². The summed E-state index contributed by atoms with van der Waals surface area (Å²) < 4.78 is 86.3. The fraction of sp³-hybridized carbons (Fsp3) is 0.355. The first-order valence-corrected chi connectivity index (χ1v) is 13.4. The number of ether oxygens (including phenoxy) is 1. The molecule has 4 nitrogen and oxygen atoms in total. The molecule has 224 valence electrons. The van der Waals surface area contributed by atoms with Gasteiger partial charge in [-0.05, 0) is 72.4 Å². The second kappa shape index (κ2) is 10.9. The van der Waals surface area contributed by atoms with Gasteiger partial charge in [-0.3, -0.25) is 9.88 Å². The molecule has 2 atom stereocenters. The van der Waals surface area contributed by atoms with E-state index in [0.29, 0.717) is 45.2 Å². The Balaban J connectivity index is 1.77. The molecule has 0 unspecified atom stereocenters. The molecular formula is C31H29ClF6N2O2. The highest BCUT2D eigenvalue weighted by Gasteiger charge is 2.43. The van der Waals surface area contributed by atoms with Crippen molar-refractivity contribution in [3.05, 3.63) is 93.8 Å². The molecule has 1 aromatic heterocycles. The van der Waals surface area contributed by atoms with E-state index in [-0.39, 0.29) is 18.0 Å². The second-order valence-electron chi connectivity index (χ2n) is 11.4. The molecule has 1 amide bonds. The van der Waals surface area contributed by atoms with Gasteiger partial charge >= 0.3 is 18.4 Å². The molecule has 0 spiro atoms. The first-order valence-electron chi connectivity index (χ1n) is 13.0. The summed E-state index contributed by atoms with van der Waals surface area (Å²) in [5.74, 6) is 0. The van der Waals surface area contributed by atoms with Crippen molar-refractivity contribution in [1.82, 2.24) is 9.88 Å². The number of rotatable bonds is 5. The summed E-state index contributed by atoms with van der Waals surface area (Å²) in [7, 11) is 0. The Labute approximate surface area is 245 Å². The molecule has 1 saturated heterocycles. The summed E-state index contributed by atoms with van der Waals surface area (Å²) in [6, 6.07) is 9.44. The number of amides is 1. The summed E-state index contributed by atoms with van der Waals surface area (Å²) >= 11 is 6.60. The van der Waals surface area contributed by atoms with Gasteiger partial charge in [0.25, 0.3) is 0 Å². The predicted octanol–water partition coefficient (Wildman–Crippen LogP) is 9.85. The first kappa shape index (κ1) is 31.4. The number of nitrogens with zero attached hydrogens (tertiary/aromatic N) is 2. The number of carbonyl (C=O) groups is 1. The molecule has 4 rings (SSSR count). The van der Waals surface area contributed by atoms with Crippen molar-refractivity contribution in [2.75, 3.05) is 0 Å². The van der Waals surface area contributed by atoms with E-state index >= 15 is 0 Å². The maximum absolute atomic E-state index is 13.5. The van der Waals surface area contributed by atoms with E-state index in [9.17, 15) is 31.1 Å². The first-order chi connectivity index (χ1) is 19.3. The van der Waals surface area contributed by atoms with Gasteiger partial charge in [-0.25, -0.2) is 4.79 Å². The maximum Gasteiger partial charge on any atom is 0.416 e. The summed E-state index contributed by atoms with van der Waals surface area (Å²) in [5.41, 5.74) is 0.278. The minimum atomic E-state index is -5.04. The average Bonchev–Trinajstić information content (AvgIpc) is 3.15. The molecule has 2 heterocycles. The van der Waals surface area contributed by atoms with Crippen molar-refractivity contribution < 1.29 is 35.9 Å². The zero-order valence-corrected chi connectivity index (χ0v) is 24.3. The van der Waals surface area contributed by atoms with Crippen molar-refractivity contribution in [3.8, 4) is 11.1 Å². The van der Waals surface area contributed by atoms with Gasteiger partial charge in [-0.15, -0.1) is 0 Å². The lowest BCUT2D eigenvalue weighted by Gasteiger charge is -2.24. The highest BCUT2D eigenvalue weighted by atomic mass is 35.5. The Morgan fingerprint density at radius 2 is 1.52 bits per heavy atom. The fourth-order valence-electron chi connectivity index (χ4n) is 4.77. The topological polar surface area (TPSA) is 42.4 Å². The van der Waals surface area contributed by atoms with Crippen LogP contribution in [0.15, 0.2) is 55.1 Å². The van der Waals surface area contributed by atoms with Crippen LogP contribution in [-0.4, -0.2) is 22.0 Å². The Hall–Kier alpha value is -3.53. The SMILES string of the molecule is C=C(C)c1ccc(-c2cc(C(C)(C)C)ccc2Cl)c(CN2C(=O)O[C@H](c3cc(C(F)(F)F)cc(C(F)(F)F)c3)[C@@H]2C)n1. The van der Waals surface area contributed by atoms with E-state index in [1.165, 1.54) is 11.8 Å². The summed E-state index contributed by atoms with van der Waals surface area (Å²) in [4.78, 5) is 19.0. The molecule has 0 radical (unpaired) electrons. The third-order valence-electron chi connectivity index (χ3n) is 7.18. The van der Waals surface area contributed by atoms with Gasteiger partial charge < -0.3 is 4.74 Å². The zero-order valence-electron chi connectivity index (χ0n) is 23.5. The molecule has 0 bridgehead atoms. The minimum absolute atomic E-state index is 0.0392. The number of halogens is 7. The normalized spacial score (nSPS) is 17.9. The van der Waals surface area contributed by atoms with Crippen molar-refractivity contribution >= 4 is 23.3 Å². The lowest BCUT2D eigenvalue weighted by molar-refractivity contribution is -0.143. The van der Waals surface area contributed by atoms with E-state index in [1.807, 2.05) is 32.9 Å². The largest absolute Gasteiger partial charge is 0.439 e. The molecule has 1 fully saturated rings. The Morgan fingerprint density at radius 3 is 2.05 bits per heavy atom. The van der Waals surface area contributed by atoms with E-state index in [1.54, 1.807) is 25.1 Å². The van der Waals surface area contributed by atoms with Crippen molar-refractivity contribution in [1.29, 1.82) is 0 Å². The molecule has 2 aromatic carbocycles. The quantitative estimate of drug-likeness (QED) is 0.270. The van der Waals surface area contributed by atoms with Crippen molar-refractivity contribution in [2.45, 2.75) is 71.1 Å². The van der Waals surface area contributed by atoms with Gasteiger partial charge in [0.1, 0.15) is 6.10 Å². The van der Waals surface area contributed by atoms with Gasteiger partial charge in [-0.1, -0.05) is 51.1 Å². The Morgan fingerprint density at radius 1 is 0.929 bits per heavy atom. The van der Waals surface area contributed by atoms with E-state index < -0.39 is 47.3 Å². The molecular weight excluding hydrogens is 582 g/mol. The molecule has 0 N–H and O–H groups in total. The minimum Gasteiger partial charge on any atom is -0.439 e. The Kier molecular flexibility index (Phi) is 8.19. The number of benzene rings is 2. The van der Waals surface area contributed by atoms with Crippen molar-refractivity contribution in [2.24, 2.45) is 0 Å². The van der Waals surface area contributed by atoms with Crippen LogP contribution in [0, 0.1) is 0 Å². The molecule has 11 heteroatoms. The standard InChI is InChI=1S/C31H29ClF6N2O2/c1-16(2)25-10-8-22(23-14-19(29(4,5)6)7-9-24(23)32)26(39-25)15-40-17(3)27(42-28(40)41)18-11-20(30(33,34)35)13-21(12-18)31(36,37)38/h7-14,17,27H,1,15H2,2-6H3/t17-,27-/m0/s1. The maximum atomic E-state index is 13.5. The van der Waals surface area contributed by atoms with E-state index in [4.69, 9.17) is 21.3 Å². The van der Waals surface area contributed by atoms with Crippen molar-refractivity contribution in [3.63, 3.8) is 0 Å². The van der Waals surface area contributed by atoms with E-state index in [2.05, 4.69) is 6.58 Å². The summed E-state index contributed by atoms with van der Waals surface area (Å²) in [5, 5.41) is 0.438. The number of aromatic nitrogens is 1. The highest BCUT2D eigenvalue weighted by molar-refractivity contribution is 6.33. The van der Waals surface area contributed by atoms with Gasteiger partial charge in [0, 0.05) is 16.1 Å². The zero-order chi connectivity index (χ0) is 31.4. The third-order valence-corrected chi connectivity index (χ3v) is 7.51. The lowest BCUT2D eigenvalue weighted by Crippen LogP contribution is -2.32. The van der Waals surface area contributed by atoms with Crippen LogP contribution >= 0.6 is 11.6 Å². The van der Waals surface area contributed by atoms with Gasteiger partial charge in [0.05, 0.1) is 35.1 Å². The number of hydrogen-bond donors (Lipinski definition) is 0. The molecule has 0 saturated carbocycles. The third kappa shape index (κ3) is 6.43. The average molecular weight is 611 g/mol. The number of hydrogen-bond acceptors (Lipinski definition) is 3. The molecule has 3 aromatic rings. The summed E-state index contributed by atoms with van der Waals surface area (Å²) in [6.45, 7) is 13.2. The molecule has 0 aliphatic carbocycles. The van der Waals surface area contributed by atoms with Crippen LogP contribution in [-0.2, 0) is 29.0 Å². The number of carbonyl (C=O) groups excluding carboxylic acids is 1. The number of alkyl halides is 6. The number of pyridine rings is 1. The van der Waals surface area contributed by atoms with Crippen LogP contribution in [0.5, 0.6) is 0 Å². The smallest absolute Gasteiger partial charge is 0.416 e. The van der Waals surface area contributed by atoms with Crippen LogP contribution in [0.1, 0.15) is 74.4 Å². The number of allylic oxidation sites excluding steroid dienone is 1. The molecule has 42 heavy (non-hydrogen) atoms. The van der Waals surface area contributed by atoms with Crippen LogP contribution in [0.4, 0.5) is 31.1 Å². The van der Waals surface area contributed by atoms with Crippen LogP contribution < -0.4 is 0 Å². The van der Waals surface area contributed by atoms with E-state index in [0.717, 1.165) is 5.56 Å². The van der Waals surface area contributed by atoms with Crippen LogP contribution in [0.25, 0.3) is 16.7 Å². The summed E-state index contributed by atoms with van der Waals surface area (Å²) in [6.07, 6.45) is -12.4. The number of cyclic esters (lactones) is 1. The lowest BCUT2D eigenvalue weighted by atomic mass is 9.85. The molecule has 1 aliphatic rings. The second-order valence-corrected chi connectivity index (χ2v) is 11.8. The Bertz CT molecular complexity index is 1510. The van der Waals surface area contributed by atoms with Gasteiger partial charge in [0.15, 0.2) is 0 Å². The highest BCUT2D eigenvalue weighted by Crippen LogP contribution is 2.42. The van der Waals surface area contributed by atoms with Gasteiger partial charge in [0.2, 0.25) is 0 Å².